The van der Waals surface area contributed by atoms with Gasteiger partial charge in [-0.2, -0.15) is 0 Å². The van der Waals surface area contributed by atoms with Crippen LogP contribution in [0.25, 0.3) is 22.0 Å². The van der Waals surface area contributed by atoms with Gasteiger partial charge in [0.1, 0.15) is 16.9 Å². The number of para-hydroxylation sites is 2. The number of rotatable bonds is 4. The molecule has 0 aliphatic rings. The quantitative estimate of drug-likeness (QED) is 0.441. The van der Waals surface area contributed by atoms with E-state index in [0.717, 1.165) is 22.0 Å². The minimum atomic E-state index is -0.729. The Kier molecular flexibility index (Phi) is 3.57. The van der Waals surface area contributed by atoms with Crippen LogP contribution in [0, 0.1) is 0 Å². The Labute approximate surface area is 154 Å². The lowest BCUT2D eigenvalue weighted by Crippen LogP contribution is -2.21. The van der Waals surface area contributed by atoms with E-state index in [1.807, 2.05) is 72.8 Å². The van der Waals surface area contributed by atoms with E-state index in [0.29, 0.717) is 11.3 Å². The van der Waals surface area contributed by atoms with Crippen LogP contribution in [0.2, 0.25) is 0 Å². The number of benzene rings is 3. The van der Waals surface area contributed by atoms with E-state index in [9.17, 15) is 4.79 Å². The highest BCUT2D eigenvalue weighted by Crippen LogP contribution is 2.30. The summed E-state index contributed by atoms with van der Waals surface area (Å²) in [6.45, 7) is 0. The van der Waals surface area contributed by atoms with Gasteiger partial charge in [0.05, 0.1) is 5.52 Å². The molecule has 0 radical (unpaired) electrons. The molecule has 0 aliphatic carbocycles. The van der Waals surface area contributed by atoms with Crippen LogP contribution in [0.4, 0.5) is 0 Å². The first kappa shape index (κ1) is 15.5. The molecule has 1 atom stereocenters. The molecule has 3 aromatic carbocycles. The summed E-state index contributed by atoms with van der Waals surface area (Å²) < 4.78 is 7.68. The SMILES string of the molecule is O=C(c1ccccc1)C(c1cc2ccccc2o1)n1nnc2ccccc21. The van der Waals surface area contributed by atoms with Gasteiger partial charge in [0, 0.05) is 10.9 Å². The van der Waals surface area contributed by atoms with Crippen molar-refractivity contribution in [3.05, 3.63) is 96.3 Å². The van der Waals surface area contributed by atoms with Gasteiger partial charge in [0.15, 0.2) is 11.8 Å². The third kappa shape index (κ3) is 2.60. The summed E-state index contributed by atoms with van der Waals surface area (Å²) in [5.41, 5.74) is 2.86. The summed E-state index contributed by atoms with van der Waals surface area (Å²) in [5.74, 6) is 0.450. The van der Waals surface area contributed by atoms with Crippen molar-refractivity contribution in [2.75, 3.05) is 0 Å². The van der Waals surface area contributed by atoms with E-state index in [-0.39, 0.29) is 5.78 Å². The monoisotopic (exact) mass is 353 g/mol. The number of Topliss-reactive ketones (excluding diaryl/α,β-unsaturated/α-hetero) is 1. The Bertz CT molecular complexity index is 1220. The first-order valence-corrected chi connectivity index (χ1v) is 8.69. The molecule has 27 heavy (non-hydrogen) atoms. The van der Waals surface area contributed by atoms with Crippen LogP contribution in [0.5, 0.6) is 0 Å². The van der Waals surface area contributed by atoms with Crippen LogP contribution < -0.4 is 0 Å². The van der Waals surface area contributed by atoms with Crippen molar-refractivity contribution in [1.29, 1.82) is 0 Å². The standard InChI is InChI=1S/C22H15N3O2/c26-22(15-8-2-1-3-9-15)21(20-14-16-10-4-7-13-19(16)27-20)25-18-12-6-5-11-17(18)23-24-25/h1-14,21H. The average Bonchev–Trinajstić information content (AvgIpc) is 3.33. The maximum atomic E-state index is 13.4. The number of fused-ring (bicyclic) bond motifs is 2. The topological polar surface area (TPSA) is 60.9 Å². The fraction of sp³-hybridized carbons (Fsp3) is 0.0455. The molecule has 1 unspecified atom stereocenters. The summed E-state index contributed by atoms with van der Waals surface area (Å²) in [6.07, 6.45) is 0. The largest absolute Gasteiger partial charge is 0.458 e. The average molecular weight is 353 g/mol. The smallest absolute Gasteiger partial charge is 0.195 e. The van der Waals surface area contributed by atoms with Crippen LogP contribution >= 0.6 is 0 Å². The second kappa shape index (κ2) is 6.21. The van der Waals surface area contributed by atoms with Crippen molar-refractivity contribution in [3.63, 3.8) is 0 Å². The van der Waals surface area contributed by atoms with Crippen molar-refractivity contribution < 1.29 is 9.21 Å². The Morgan fingerprint density at radius 3 is 2.48 bits per heavy atom. The predicted molar refractivity (Wildman–Crippen MR) is 103 cm³/mol. The summed E-state index contributed by atoms with van der Waals surface area (Å²) in [4.78, 5) is 13.4. The number of aromatic nitrogens is 3. The molecule has 2 aromatic heterocycles. The van der Waals surface area contributed by atoms with E-state index >= 15 is 0 Å². The normalized spacial score (nSPS) is 12.4. The molecular weight excluding hydrogens is 338 g/mol. The molecule has 0 N–H and O–H groups in total. The molecule has 0 bridgehead atoms. The molecule has 0 amide bonds. The van der Waals surface area contributed by atoms with Crippen molar-refractivity contribution in [2.45, 2.75) is 6.04 Å². The van der Waals surface area contributed by atoms with Gasteiger partial charge >= 0.3 is 0 Å². The molecule has 0 spiro atoms. The van der Waals surface area contributed by atoms with Crippen molar-refractivity contribution in [2.24, 2.45) is 0 Å². The number of hydrogen-bond acceptors (Lipinski definition) is 4. The summed E-state index contributed by atoms with van der Waals surface area (Å²) in [6, 6.07) is 25.7. The van der Waals surface area contributed by atoms with Crippen LogP contribution in [-0.4, -0.2) is 20.8 Å². The lowest BCUT2D eigenvalue weighted by Gasteiger charge is -2.14. The number of carbonyl (C=O) groups is 1. The minimum Gasteiger partial charge on any atom is -0.458 e. The molecule has 0 fully saturated rings. The van der Waals surface area contributed by atoms with Crippen LogP contribution in [0.1, 0.15) is 22.2 Å². The molecule has 0 saturated heterocycles. The fourth-order valence-electron chi connectivity index (χ4n) is 3.34. The number of hydrogen-bond donors (Lipinski definition) is 0. The third-order valence-electron chi connectivity index (χ3n) is 4.64. The summed E-state index contributed by atoms with van der Waals surface area (Å²) in [7, 11) is 0. The Morgan fingerprint density at radius 2 is 1.63 bits per heavy atom. The van der Waals surface area contributed by atoms with E-state index in [1.54, 1.807) is 16.8 Å². The number of carbonyl (C=O) groups excluding carboxylic acids is 1. The second-order valence-corrected chi connectivity index (χ2v) is 6.34. The summed E-state index contributed by atoms with van der Waals surface area (Å²) in [5, 5.41) is 9.44. The van der Waals surface area contributed by atoms with Gasteiger partial charge in [-0.1, -0.05) is 65.9 Å². The Balaban J connectivity index is 1.73. The highest BCUT2D eigenvalue weighted by atomic mass is 16.3. The van der Waals surface area contributed by atoms with E-state index in [1.165, 1.54) is 0 Å². The van der Waals surface area contributed by atoms with Gasteiger partial charge in [-0.05, 0) is 24.3 Å². The van der Waals surface area contributed by atoms with Crippen LogP contribution in [0.15, 0.2) is 89.3 Å². The number of furan rings is 1. The maximum Gasteiger partial charge on any atom is 0.195 e. The molecule has 5 rings (SSSR count). The first-order valence-electron chi connectivity index (χ1n) is 8.69. The number of nitrogens with zero attached hydrogens (tertiary/aromatic N) is 3. The summed E-state index contributed by atoms with van der Waals surface area (Å²) >= 11 is 0. The number of ketones is 1. The fourth-order valence-corrected chi connectivity index (χ4v) is 3.34. The second-order valence-electron chi connectivity index (χ2n) is 6.34. The molecule has 5 nitrogen and oxygen atoms in total. The van der Waals surface area contributed by atoms with Crippen molar-refractivity contribution in [3.8, 4) is 0 Å². The first-order chi connectivity index (χ1) is 13.3. The zero-order chi connectivity index (χ0) is 18.2. The van der Waals surface area contributed by atoms with Crippen molar-refractivity contribution in [1.82, 2.24) is 15.0 Å². The van der Waals surface area contributed by atoms with Gasteiger partial charge in [0.25, 0.3) is 0 Å². The molecule has 5 aromatic rings. The zero-order valence-electron chi connectivity index (χ0n) is 14.3. The highest BCUT2D eigenvalue weighted by molar-refractivity contribution is 6.01. The van der Waals surface area contributed by atoms with Crippen LogP contribution in [-0.2, 0) is 0 Å². The molecule has 130 valence electrons. The predicted octanol–water partition coefficient (Wildman–Crippen LogP) is 4.65. The molecular formula is C22H15N3O2. The van der Waals surface area contributed by atoms with E-state index in [4.69, 9.17) is 4.42 Å². The maximum absolute atomic E-state index is 13.4. The van der Waals surface area contributed by atoms with Gasteiger partial charge in [0.2, 0.25) is 0 Å². The molecule has 5 heteroatoms. The van der Waals surface area contributed by atoms with Crippen LogP contribution in [0.3, 0.4) is 0 Å². The molecule has 0 saturated carbocycles. The Hall–Kier alpha value is -3.73. The van der Waals surface area contributed by atoms with E-state index in [2.05, 4.69) is 10.3 Å². The minimum absolute atomic E-state index is 0.0923. The van der Waals surface area contributed by atoms with Gasteiger partial charge < -0.3 is 4.42 Å². The van der Waals surface area contributed by atoms with Gasteiger partial charge in [-0.15, -0.1) is 5.10 Å². The third-order valence-corrected chi connectivity index (χ3v) is 4.64. The molecule has 0 aliphatic heterocycles. The highest BCUT2D eigenvalue weighted by Gasteiger charge is 2.29. The van der Waals surface area contributed by atoms with Crippen molar-refractivity contribution >= 4 is 27.8 Å². The zero-order valence-corrected chi connectivity index (χ0v) is 14.3. The lowest BCUT2D eigenvalue weighted by molar-refractivity contribution is 0.0930. The van der Waals surface area contributed by atoms with E-state index < -0.39 is 6.04 Å². The van der Waals surface area contributed by atoms with Gasteiger partial charge in [-0.3, -0.25) is 4.79 Å². The lowest BCUT2D eigenvalue weighted by atomic mass is 10.0. The van der Waals surface area contributed by atoms with Gasteiger partial charge in [-0.25, -0.2) is 4.68 Å². The molecule has 2 heterocycles. The Morgan fingerprint density at radius 1 is 0.889 bits per heavy atom.